The summed E-state index contributed by atoms with van der Waals surface area (Å²) < 4.78 is 1.68. The minimum absolute atomic E-state index is 0.290. The number of carbonyl (C=O) groups is 3. The Morgan fingerprint density at radius 1 is 1.11 bits per heavy atom. The molecule has 0 atom stereocenters. The van der Waals surface area contributed by atoms with Gasteiger partial charge in [-0.05, 0) is 18.2 Å². The average molecular weight is 381 g/mol. The Balaban J connectivity index is 1.30. The van der Waals surface area contributed by atoms with Gasteiger partial charge in [-0.15, -0.1) is 11.3 Å². The number of hydrogen-bond donors (Lipinski definition) is 1. The highest BCUT2D eigenvalue weighted by Crippen LogP contribution is 2.21. The molecule has 136 valence electrons. The van der Waals surface area contributed by atoms with E-state index >= 15 is 0 Å². The van der Waals surface area contributed by atoms with Gasteiger partial charge in [-0.2, -0.15) is 5.10 Å². The third kappa shape index (κ3) is 3.36. The van der Waals surface area contributed by atoms with Crippen LogP contribution in [0.5, 0.6) is 0 Å². The molecule has 0 spiro atoms. The highest BCUT2D eigenvalue weighted by atomic mass is 32.1. The first kappa shape index (κ1) is 17.1. The molecule has 0 saturated heterocycles. The van der Waals surface area contributed by atoms with E-state index in [1.54, 1.807) is 35.1 Å². The third-order valence-electron chi connectivity index (χ3n) is 4.12. The highest BCUT2D eigenvalue weighted by molar-refractivity contribution is 7.12. The molecular weight excluding hydrogens is 366 g/mol. The maximum atomic E-state index is 12.3. The van der Waals surface area contributed by atoms with Crippen LogP contribution in [-0.2, 0) is 11.2 Å². The van der Waals surface area contributed by atoms with E-state index in [4.69, 9.17) is 0 Å². The molecule has 4 rings (SSSR count). The minimum atomic E-state index is -0.436. The van der Waals surface area contributed by atoms with Gasteiger partial charge in [0.25, 0.3) is 11.8 Å². The smallest absolute Gasteiger partial charge is 0.262 e. The summed E-state index contributed by atoms with van der Waals surface area (Å²) >= 11 is 1.46. The van der Waals surface area contributed by atoms with Crippen molar-refractivity contribution >= 4 is 29.1 Å². The van der Waals surface area contributed by atoms with Crippen molar-refractivity contribution in [3.8, 4) is 5.13 Å². The van der Waals surface area contributed by atoms with E-state index in [0.29, 0.717) is 24.1 Å². The first-order valence-corrected chi connectivity index (χ1v) is 9.18. The van der Waals surface area contributed by atoms with Crippen LogP contribution in [0.2, 0.25) is 0 Å². The van der Waals surface area contributed by atoms with Crippen LogP contribution in [0.25, 0.3) is 5.13 Å². The number of nitrogens with one attached hydrogen (secondary N) is 1. The quantitative estimate of drug-likeness (QED) is 0.649. The number of hydrogen-bond acceptors (Lipinski definition) is 6. The van der Waals surface area contributed by atoms with Crippen molar-refractivity contribution in [2.45, 2.75) is 6.42 Å². The van der Waals surface area contributed by atoms with Gasteiger partial charge in [0, 0.05) is 30.7 Å². The topological polar surface area (TPSA) is 97.2 Å². The lowest BCUT2D eigenvalue weighted by Gasteiger charge is -2.13. The first-order chi connectivity index (χ1) is 13.1. The lowest BCUT2D eigenvalue weighted by Crippen LogP contribution is -2.40. The van der Waals surface area contributed by atoms with Crippen LogP contribution in [-0.4, -0.2) is 50.5 Å². The third-order valence-corrected chi connectivity index (χ3v) is 5.00. The second kappa shape index (κ2) is 7.12. The summed E-state index contributed by atoms with van der Waals surface area (Å²) in [7, 11) is 0. The summed E-state index contributed by atoms with van der Waals surface area (Å²) in [6.45, 7) is 0.0756. The molecule has 0 fully saturated rings. The number of rotatable bonds is 6. The predicted octanol–water partition coefficient (Wildman–Crippen LogP) is 1.28. The van der Waals surface area contributed by atoms with Crippen LogP contribution in [0, 0.1) is 0 Å². The first-order valence-electron chi connectivity index (χ1n) is 8.30. The molecule has 9 heteroatoms. The van der Waals surface area contributed by atoms with Gasteiger partial charge >= 0.3 is 0 Å². The van der Waals surface area contributed by atoms with E-state index in [2.05, 4.69) is 15.4 Å². The fourth-order valence-electron chi connectivity index (χ4n) is 2.81. The van der Waals surface area contributed by atoms with Crippen molar-refractivity contribution in [1.29, 1.82) is 0 Å². The van der Waals surface area contributed by atoms with Gasteiger partial charge in [0.1, 0.15) is 6.54 Å². The molecule has 3 heterocycles. The van der Waals surface area contributed by atoms with E-state index < -0.39 is 11.8 Å². The van der Waals surface area contributed by atoms with Crippen LogP contribution >= 0.6 is 11.3 Å². The Bertz CT molecular complexity index is 977. The molecule has 2 aromatic heterocycles. The van der Waals surface area contributed by atoms with Crippen LogP contribution in [0.1, 0.15) is 26.4 Å². The number of thiazole rings is 1. The molecule has 0 bridgehead atoms. The Kier molecular flexibility index (Phi) is 4.51. The van der Waals surface area contributed by atoms with Gasteiger partial charge in [-0.25, -0.2) is 9.67 Å². The van der Waals surface area contributed by atoms with E-state index in [1.165, 1.54) is 11.3 Å². The maximum absolute atomic E-state index is 12.3. The summed E-state index contributed by atoms with van der Waals surface area (Å²) in [6, 6.07) is 8.39. The van der Waals surface area contributed by atoms with Crippen molar-refractivity contribution in [1.82, 2.24) is 25.0 Å². The van der Waals surface area contributed by atoms with Gasteiger partial charge in [0.05, 0.1) is 16.8 Å². The lowest BCUT2D eigenvalue weighted by molar-refractivity contribution is -0.121. The molecule has 0 aliphatic carbocycles. The van der Waals surface area contributed by atoms with Crippen LogP contribution in [0.15, 0.2) is 48.1 Å². The molecule has 3 amide bonds. The fourth-order valence-corrected chi connectivity index (χ4v) is 3.61. The predicted molar refractivity (Wildman–Crippen MR) is 97.8 cm³/mol. The van der Waals surface area contributed by atoms with Crippen molar-refractivity contribution in [3.63, 3.8) is 0 Å². The fraction of sp³-hybridized carbons (Fsp3) is 0.167. The summed E-state index contributed by atoms with van der Waals surface area (Å²) in [5, 5.41) is 9.52. The molecule has 1 aliphatic rings. The normalized spacial score (nSPS) is 13.1. The molecule has 8 nitrogen and oxygen atoms in total. The Hall–Kier alpha value is -3.33. The number of nitrogens with zero attached hydrogens (tertiary/aromatic N) is 4. The maximum Gasteiger partial charge on any atom is 0.262 e. The zero-order valence-electron chi connectivity index (χ0n) is 14.2. The summed E-state index contributed by atoms with van der Waals surface area (Å²) in [4.78, 5) is 42.1. The number of aromatic nitrogens is 3. The number of carbonyl (C=O) groups excluding carboxylic acids is 3. The molecule has 1 aromatic carbocycles. The lowest BCUT2D eigenvalue weighted by atomic mass is 10.1. The van der Waals surface area contributed by atoms with Gasteiger partial charge < -0.3 is 5.32 Å². The van der Waals surface area contributed by atoms with E-state index in [1.807, 2.05) is 17.6 Å². The number of amides is 3. The summed E-state index contributed by atoms with van der Waals surface area (Å²) in [5.41, 5.74) is 1.51. The molecule has 27 heavy (non-hydrogen) atoms. The number of benzene rings is 1. The summed E-state index contributed by atoms with van der Waals surface area (Å²) in [5.74, 6) is -1.25. The Morgan fingerprint density at radius 2 is 1.85 bits per heavy atom. The van der Waals surface area contributed by atoms with E-state index in [-0.39, 0.29) is 12.5 Å². The monoisotopic (exact) mass is 381 g/mol. The van der Waals surface area contributed by atoms with Crippen LogP contribution in [0.4, 0.5) is 0 Å². The van der Waals surface area contributed by atoms with E-state index in [0.717, 1.165) is 15.7 Å². The van der Waals surface area contributed by atoms with Gasteiger partial charge in [0.2, 0.25) is 11.0 Å². The molecule has 0 radical (unpaired) electrons. The van der Waals surface area contributed by atoms with Crippen LogP contribution in [0.3, 0.4) is 0 Å². The van der Waals surface area contributed by atoms with Gasteiger partial charge in [-0.3, -0.25) is 19.3 Å². The average Bonchev–Trinajstić information content (AvgIpc) is 3.40. The van der Waals surface area contributed by atoms with Crippen molar-refractivity contribution in [2.24, 2.45) is 0 Å². The largest absolute Gasteiger partial charge is 0.354 e. The van der Waals surface area contributed by atoms with Crippen LogP contribution < -0.4 is 5.32 Å². The standard InChI is InChI=1S/C18H15N5O3S/c24-15(10-22-16(25)13-4-1-2-5-14(13)17(22)26)19-8-6-12-11-27-18(21-12)23-9-3-7-20-23/h1-5,7,9,11H,6,8,10H2,(H,19,24). The zero-order valence-corrected chi connectivity index (χ0v) is 15.0. The summed E-state index contributed by atoms with van der Waals surface area (Å²) in [6.07, 6.45) is 4.04. The zero-order chi connectivity index (χ0) is 18.8. The van der Waals surface area contributed by atoms with E-state index in [9.17, 15) is 14.4 Å². The number of imide groups is 1. The second-order valence-electron chi connectivity index (χ2n) is 5.91. The molecule has 0 unspecified atom stereocenters. The van der Waals surface area contributed by atoms with Crippen molar-refractivity contribution < 1.29 is 14.4 Å². The van der Waals surface area contributed by atoms with Crippen molar-refractivity contribution in [2.75, 3.05) is 13.1 Å². The second-order valence-corrected chi connectivity index (χ2v) is 6.75. The van der Waals surface area contributed by atoms with Gasteiger partial charge in [-0.1, -0.05) is 12.1 Å². The SMILES string of the molecule is O=C(CN1C(=O)c2ccccc2C1=O)NCCc1csc(-n2cccn2)n1. The molecular formula is C18H15N5O3S. The molecule has 3 aromatic rings. The van der Waals surface area contributed by atoms with Gasteiger partial charge in [0.15, 0.2) is 0 Å². The van der Waals surface area contributed by atoms with Crippen molar-refractivity contribution in [3.05, 3.63) is 64.9 Å². The molecule has 1 aliphatic heterocycles. The molecule has 1 N–H and O–H groups in total. The Labute approximate surface area is 158 Å². The molecule has 0 saturated carbocycles. The number of fused-ring (bicyclic) bond motifs is 1. The minimum Gasteiger partial charge on any atom is -0.354 e. The Morgan fingerprint density at radius 3 is 2.52 bits per heavy atom. The highest BCUT2D eigenvalue weighted by Gasteiger charge is 2.36.